The van der Waals surface area contributed by atoms with E-state index >= 15 is 0 Å². The Morgan fingerprint density at radius 3 is 2.67 bits per heavy atom. The fourth-order valence-corrected chi connectivity index (χ4v) is 2.77. The van der Waals surface area contributed by atoms with E-state index in [0.717, 1.165) is 6.08 Å². The van der Waals surface area contributed by atoms with Gasteiger partial charge in [-0.05, 0) is 19.9 Å². The fraction of sp³-hybridized carbons (Fsp3) is 0.417. The quantitative estimate of drug-likeness (QED) is 0.591. The maximum absolute atomic E-state index is 11.4. The van der Waals surface area contributed by atoms with Gasteiger partial charge < -0.3 is 5.32 Å². The minimum absolute atomic E-state index is 0.398. The lowest BCUT2D eigenvalue weighted by Gasteiger charge is -2.38. The Bertz CT molecular complexity index is 506. The van der Waals surface area contributed by atoms with Gasteiger partial charge in [-0.25, -0.2) is 0 Å². The molecule has 0 radical (unpaired) electrons. The van der Waals surface area contributed by atoms with Crippen LogP contribution in [0.5, 0.6) is 0 Å². The molecule has 1 amide bonds. The molecule has 0 saturated carbocycles. The second-order valence-electron chi connectivity index (χ2n) is 4.47. The van der Waals surface area contributed by atoms with Gasteiger partial charge in [-0.1, -0.05) is 30.9 Å². The van der Waals surface area contributed by atoms with Crippen LogP contribution in [0.1, 0.15) is 13.8 Å². The molecule has 0 spiro atoms. The number of carbonyl (C=O) groups is 1. The van der Waals surface area contributed by atoms with Crippen LogP contribution in [0, 0.1) is 5.92 Å². The maximum atomic E-state index is 11.4. The molecule has 0 aromatic heterocycles. The van der Waals surface area contributed by atoms with Gasteiger partial charge in [0, 0.05) is 5.92 Å². The van der Waals surface area contributed by atoms with Crippen LogP contribution in [0.15, 0.2) is 37.0 Å². The molecule has 6 heteroatoms. The van der Waals surface area contributed by atoms with Crippen molar-refractivity contribution < 1.29 is 17.8 Å². The van der Waals surface area contributed by atoms with E-state index in [2.05, 4.69) is 11.9 Å². The van der Waals surface area contributed by atoms with E-state index in [1.807, 2.05) is 0 Å². The molecule has 18 heavy (non-hydrogen) atoms. The van der Waals surface area contributed by atoms with Gasteiger partial charge in [0.1, 0.15) is 0 Å². The first-order chi connectivity index (χ1) is 8.20. The second kappa shape index (κ2) is 5.07. The average Bonchev–Trinajstić information content (AvgIpc) is 2.27. The first-order valence-electron chi connectivity index (χ1n) is 5.47. The molecular weight excluding hydrogens is 254 g/mol. The van der Waals surface area contributed by atoms with Crippen molar-refractivity contribution in [3.05, 3.63) is 37.0 Å². The highest BCUT2D eigenvalue weighted by Crippen LogP contribution is 2.30. The zero-order chi connectivity index (χ0) is 14.0. The van der Waals surface area contributed by atoms with Crippen molar-refractivity contribution in [2.75, 3.05) is 0 Å². The normalized spacial score (nSPS) is 28.7. The summed E-state index contributed by atoms with van der Waals surface area (Å²) in [6, 6.07) is 0. The van der Waals surface area contributed by atoms with Gasteiger partial charge in [-0.3, -0.25) is 9.35 Å². The van der Waals surface area contributed by atoms with Gasteiger partial charge in [0.15, 0.2) is 0 Å². The van der Waals surface area contributed by atoms with E-state index in [1.165, 1.54) is 6.92 Å². The minimum atomic E-state index is -4.18. The van der Waals surface area contributed by atoms with Crippen molar-refractivity contribution in [3.8, 4) is 0 Å². The third-order valence-corrected chi connectivity index (χ3v) is 4.35. The third kappa shape index (κ3) is 3.08. The highest BCUT2D eigenvalue weighted by atomic mass is 32.2. The molecule has 0 heterocycles. The van der Waals surface area contributed by atoms with E-state index in [1.54, 1.807) is 31.2 Å². The van der Waals surface area contributed by atoms with Gasteiger partial charge >= 0.3 is 0 Å². The number of carbonyl (C=O) groups excluding carboxylic acids is 1. The zero-order valence-corrected chi connectivity index (χ0v) is 11.1. The smallest absolute Gasteiger partial charge is 0.268 e. The summed E-state index contributed by atoms with van der Waals surface area (Å²) in [6.45, 7) is 6.45. The van der Waals surface area contributed by atoms with Crippen molar-refractivity contribution in [3.63, 3.8) is 0 Å². The SMILES string of the molecule is C=CC(=O)NC1(C)C=CC=CC1C(C)S(=O)(=O)O. The number of hydrogen-bond donors (Lipinski definition) is 2. The molecule has 1 rings (SSSR count). The van der Waals surface area contributed by atoms with Crippen LogP contribution in [0.2, 0.25) is 0 Å². The van der Waals surface area contributed by atoms with Gasteiger partial charge in [-0.15, -0.1) is 0 Å². The van der Waals surface area contributed by atoms with Crippen LogP contribution < -0.4 is 5.32 Å². The van der Waals surface area contributed by atoms with Gasteiger partial charge in [-0.2, -0.15) is 8.42 Å². The molecule has 0 saturated heterocycles. The lowest BCUT2D eigenvalue weighted by atomic mass is 9.80. The van der Waals surface area contributed by atoms with E-state index < -0.39 is 32.7 Å². The Morgan fingerprint density at radius 2 is 2.17 bits per heavy atom. The lowest BCUT2D eigenvalue weighted by Crippen LogP contribution is -2.54. The summed E-state index contributed by atoms with van der Waals surface area (Å²) in [4.78, 5) is 11.4. The van der Waals surface area contributed by atoms with Crippen molar-refractivity contribution in [2.45, 2.75) is 24.6 Å². The number of nitrogens with one attached hydrogen (secondary N) is 1. The molecule has 100 valence electrons. The highest BCUT2D eigenvalue weighted by Gasteiger charge is 2.40. The maximum Gasteiger partial charge on any atom is 0.268 e. The molecule has 2 N–H and O–H groups in total. The summed E-state index contributed by atoms with van der Waals surface area (Å²) in [7, 11) is -4.18. The Balaban J connectivity index is 3.08. The van der Waals surface area contributed by atoms with Gasteiger partial charge in [0.2, 0.25) is 5.91 Å². The van der Waals surface area contributed by atoms with Crippen LogP contribution in [-0.2, 0) is 14.9 Å². The number of hydrogen-bond acceptors (Lipinski definition) is 3. The molecule has 1 aliphatic rings. The number of rotatable bonds is 4. The summed E-state index contributed by atoms with van der Waals surface area (Å²) < 4.78 is 31.6. The molecule has 1 aliphatic carbocycles. The summed E-state index contributed by atoms with van der Waals surface area (Å²) in [5, 5.41) is 1.66. The van der Waals surface area contributed by atoms with Gasteiger partial charge in [0.05, 0.1) is 10.8 Å². The lowest BCUT2D eigenvalue weighted by molar-refractivity contribution is -0.118. The second-order valence-corrected chi connectivity index (χ2v) is 6.24. The highest BCUT2D eigenvalue weighted by molar-refractivity contribution is 7.86. The molecule has 0 aromatic rings. The van der Waals surface area contributed by atoms with Crippen molar-refractivity contribution in [1.82, 2.24) is 5.32 Å². The molecule has 5 nitrogen and oxygen atoms in total. The van der Waals surface area contributed by atoms with Crippen LogP contribution in [-0.4, -0.2) is 29.7 Å². The van der Waals surface area contributed by atoms with Crippen molar-refractivity contribution in [1.29, 1.82) is 0 Å². The molecule has 0 bridgehead atoms. The predicted molar refractivity (Wildman–Crippen MR) is 69.5 cm³/mol. The first-order valence-corrected chi connectivity index (χ1v) is 6.98. The summed E-state index contributed by atoms with van der Waals surface area (Å²) >= 11 is 0. The number of amides is 1. The monoisotopic (exact) mass is 271 g/mol. The van der Waals surface area contributed by atoms with Crippen LogP contribution >= 0.6 is 0 Å². The zero-order valence-electron chi connectivity index (χ0n) is 10.3. The molecular formula is C12H17NO4S. The fourth-order valence-electron chi connectivity index (χ4n) is 2.02. The van der Waals surface area contributed by atoms with Gasteiger partial charge in [0.25, 0.3) is 10.1 Å². The van der Waals surface area contributed by atoms with E-state index in [0.29, 0.717) is 0 Å². The Labute approximate surface area is 107 Å². The Kier molecular flexibility index (Phi) is 4.13. The van der Waals surface area contributed by atoms with E-state index in [9.17, 15) is 13.2 Å². The minimum Gasteiger partial charge on any atom is -0.343 e. The van der Waals surface area contributed by atoms with Crippen LogP contribution in [0.4, 0.5) is 0 Å². The first kappa shape index (κ1) is 14.7. The standard InChI is InChI=1S/C12H17NO4S/c1-4-11(14)13-12(3)8-6-5-7-10(12)9(2)18(15,16)17/h4-10H,1H2,2-3H3,(H,13,14)(H,15,16,17). The Morgan fingerprint density at radius 1 is 1.56 bits per heavy atom. The molecule has 0 fully saturated rings. The molecule has 3 unspecified atom stereocenters. The molecule has 3 atom stereocenters. The van der Waals surface area contributed by atoms with E-state index in [-0.39, 0.29) is 0 Å². The van der Waals surface area contributed by atoms with Crippen molar-refractivity contribution >= 4 is 16.0 Å². The summed E-state index contributed by atoms with van der Waals surface area (Å²) in [5.41, 5.74) is -0.880. The van der Waals surface area contributed by atoms with Crippen molar-refractivity contribution in [2.24, 2.45) is 5.92 Å². The predicted octanol–water partition coefficient (Wildman–Crippen LogP) is 1.07. The Hall–Kier alpha value is -1.40. The topological polar surface area (TPSA) is 83.5 Å². The third-order valence-electron chi connectivity index (χ3n) is 3.12. The average molecular weight is 271 g/mol. The van der Waals surface area contributed by atoms with Crippen LogP contribution in [0.25, 0.3) is 0 Å². The van der Waals surface area contributed by atoms with Crippen LogP contribution in [0.3, 0.4) is 0 Å². The molecule has 0 aromatic carbocycles. The summed E-state index contributed by atoms with van der Waals surface area (Å²) in [5.74, 6) is -0.952. The largest absolute Gasteiger partial charge is 0.343 e. The molecule has 0 aliphatic heterocycles. The summed E-state index contributed by atoms with van der Waals surface area (Å²) in [6.07, 6.45) is 7.87. The van der Waals surface area contributed by atoms with E-state index in [4.69, 9.17) is 4.55 Å². The number of allylic oxidation sites excluding steroid dienone is 2.